The summed E-state index contributed by atoms with van der Waals surface area (Å²) in [5, 5.41) is 5.54. The lowest BCUT2D eigenvalue weighted by molar-refractivity contribution is -0.147. The van der Waals surface area contributed by atoms with E-state index in [0.29, 0.717) is 30.9 Å². The molecular formula is C27H37N3O6. The van der Waals surface area contributed by atoms with Gasteiger partial charge in [0.1, 0.15) is 12.1 Å². The quantitative estimate of drug-likeness (QED) is 0.233. The number of hydrogen-bond acceptors (Lipinski definition) is 6. The predicted molar refractivity (Wildman–Crippen MR) is 133 cm³/mol. The van der Waals surface area contributed by atoms with Crippen molar-refractivity contribution in [2.24, 2.45) is 11.3 Å². The number of benzene rings is 1. The van der Waals surface area contributed by atoms with E-state index in [1.165, 1.54) is 6.92 Å². The zero-order chi connectivity index (χ0) is 26.5. The van der Waals surface area contributed by atoms with Crippen molar-refractivity contribution in [1.29, 1.82) is 0 Å². The molecule has 1 aromatic carbocycles. The first-order valence-electron chi connectivity index (χ1n) is 12.6. The van der Waals surface area contributed by atoms with Crippen LogP contribution in [0.25, 0.3) is 0 Å². The number of nitrogens with one attached hydrogen (secondary N) is 2. The summed E-state index contributed by atoms with van der Waals surface area (Å²) < 4.78 is 5.08. The van der Waals surface area contributed by atoms with Gasteiger partial charge < -0.3 is 15.4 Å². The molecule has 3 rings (SSSR count). The molecular weight excluding hydrogens is 462 g/mol. The molecule has 0 unspecified atom stereocenters. The molecule has 2 N–H and O–H groups in total. The van der Waals surface area contributed by atoms with Crippen LogP contribution in [-0.2, 0) is 25.5 Å². The molecule has 4 amide bonds. The van der Waals surface area contributed by atoms with Gasteiger partial charge in [-0.1, -0.05) is 45.0 Å². The average molecular weight is 500 g/mol. The van der Waals surface area contributed by atoms with E-state index < -0.39 is 36.6 Å². The minimum absolute atomic E-state index is 0.0667. The SMILES string of the molecule is CC(=O)NCCCc1ccc(C(=O)COC(=O)CN2C(=O)NC3(CCC(C(C)(C)C)CC3)C2=O)cc1. The number of hydrogen-bond donors (Lipinski definition) is 2. The lowest BCUT2D eigenvalue weighted by Gasteiger charge is -2.40. The third-order valence-electron chi connectivity index (χ3n) is 7.25. The standard InChI is InChI=1S/C27H37N3O6/c1-18(31)28-15-5-6-19-7-9-20(10-8-19)22(32)17-36-23(33)16-30-24(34)27(29-25(30)35)13-11-21(12-14-27)26(2,3)4/h7-10,21H,5-6,11-17H2,1-4H3,(H,28,31)(H,29,35). The molecule has 1 saturated carbocycles. The van der Waals surface area contributed by atoms with Crippen molar-refractivity contribution >= 4 is 29.6 Å². The van der Waals surface area contributed by atoms with E-state index in [1.54, 1.807) is 12.1 Å². The van der Waals surface area contributed by atoms with Crippen LogP contribution in [0, 0.1) is 11.3 Å². The maximum Gasteiger partial charge on any atom is 0.326 e. The van der Waals surface area contributed by atoms with E-state index in [1.807, 2.05) is 12.1 Å². The van der Waals surface area contributed by atoms with E-state index in [2.05, 4.69) is 31.4 Å². The van der Waals surface area contributed by atoms with Gasteiger partial charge in [-0.25, -0.2) is 4.79 Å². The predicted octanol–water partition coefficient (Wildman–Crippen LogP) is 3.01. The van der Waals surface area contributed by atoms with Crippen molar-refractivity contribution in [2.75, 3.05) is 19.7 Å². The number of urea groups is 1. The Kier molecular flexibility index (Phi) is 8.53. The van der Waals surface area contributed by atoms with Crippen molar-refractivity contribution in [3.05, 3.63) is 35.4 Å². The molecule has 1 aliphatic heterocycles. The first-order chi connectivity index (χ1) is 16.9. The van der Waals surface area contributed by atoms with Gasteiger partial charge >= 0.3 is 12.0 Å². The fourth-order valence-electron chi connectivity index (χ4n) is 4.95. The summed E-state index contributed by atoms with van der Waals surface area (Å²) in [6, 6.07) is 6.39. The van der Waals surface area contributed by atoms with Gasteiger partial charge in [-0.15, -0.1) is 0 Å². The van der Waals surface area contributed by atoms with Crippen LogP contribution in [0.4, 0.5) is 4.79 Å². The molecule has 1 spiro atoms. The van der Waals surface area contributed by atoms with Gasteiger partial charge in [0, 0.05) is 19.0 Å². The third kappa shape index (κ3) is 6.71. The van der Waals surface area contributed by atoms with Gasteiger partial charge in [-0.05, 0) is 55.4 Å². The van der Waals surface area contributed by atoms with Crippen LogP contribution >= 0.6 is 0 Å². The molecule has 36 heavy (non-hydrogen) atoms. The summed E-state index contributed by atoms with van der Waals surface area (Å²) >= 11 is 0. The smallest absolute Gasteiger partial charge is 0.326 e. The lowest BCUT2D eigenvalue weighted by Crippen LogP contribution is -2.50. The van der Waals surface area contributed by atoms with Crippen molar-refractivity contribution in [1.82, 2.24) is 15.5 Å². The second kappa shape index (κ2) is 11.2. The Morgan fingerprint density at radius 2 is 1.75 bits per heavy atom. The molecule has 0 radical (unpaired) electrons. The molecule has 2 aliphatic rings. The zero-order valence-electron chi connectivity index (χ0n) is 21.6. The number of imide groups is 1. The third-order valence-corrected chi connectivity index (χ3v) is 7.25. The van der Waals surface area contributed by atoms with Crippen LogP contribution in [0.1, 0.15) is 75.7 Å². The van der Waals surface area contributed by atoms with Crippen LogP contribution in [-0.4, -0.2) is 59.7 Å². The molecule has 1 saturated heterocycles. The van der Waals surface area contributed by atoms with E-state index in [4.69, 9.17) is 4.74 Å². The van der Waals surface area contributed by atoms with E-state index in [0.717, 1.165) is 36.1 Å². The van der Waals surface area contributed by atoms with E-state index >= 15 is 0 Å². The van der Waals surface area contributed by atoms with Gasteiger partial charge in [-0.2, -0.15) is 0 Å². The van der Waals surface area contributed by atoms with Crippen molar-refractivity contribution in [2.45, 2.75) is 71.8 Å². The Labute approximate surface area is 212 Å². The van der Waals surface area contributed by atoms with E-state index in [-0.39, 0.29) is 17.1 Å². The van der Waals surface area contributed by atoms with Gasteiger partial charge in [0.15, 0.2) is 12.4 Å². The molecule has 0 atom stereocenters. The van der Waals surface area contributed by atoms with Crippen molar-refractivity contribution in [3.8, 4) is 0 Å². The Balaban J connectivity index is 1.46. The van der Waals surface area contributed by atoms with Gasteiger partial charge in [0.2, 0.25) is 5.91 Å². The number of aryl methyl sites for hydroxylation is 1. The zero-order valence-corrected chi connectivity index (χ0v) is 21.6. The summed E-state index contributed by atoms with van der Waals surface area (Å²) in [6.45, 7) is 7.61. The molecule has 9 nitrogen and oxygen atoms in total. The van der Waals surface area contributed by atoms with Crippen LogP contribution in [0.15, 0.2) is 24.3 Å². The number of rotatable bonds is 9. The fourth-order valence-corrected chi connectivity index (χ4v) is 4.95. The number of ketones is 1. The van der Waals surface area contributed by atoms with Gasteiger partial charge in [0.05, 0.1) is 0 Å². The number of carbonyl (C=O) groups excluding carboxylic acids is 5. The Hall–Kier alpha value is -3.23. The highest BCUT2D eigenvalue weighted by molar-refractivity contribution is 6.09. The maximum atomic E-state index is 13.1. The normalized spacial score (nSPS) is 21.9. The van der Waals surface area contributed by atoms with Crippen LogP contribution in [0.2, 0.25) is 0 Å². The molecule has 2 fully saturated rings. The van der Waals surface area contributed by atoms with Crippen LogP contribution < -0.4 is 10.6 Å². The van der Waals surface area contributed by atoms with Crippen LogP contribution in [0.3, 0.4) is 0 Å². The minimum atomic E-state index is -0.946. The molecule has 196 valence electrons. The monoisotopic (exact) mass is 499 g/mol. The second-order valence-electron chi connectivity index (χ2n) is 10.9. The van der Waals surface area contributed by atoms with Gasteiger partial charge in [-0.3, -0.25) is 24.1 Å². The highest BCUT2D eigenvalue weighted by atomic mass is 16.5. The Bertz CT molecular complexity index is 1000. The average Bonchev–Trinajstić information content (AvgIpc) is 3.04. The van der Waals surface area contributed by atoms with Crippen molar-refractivity contribution in [3.63, 3.8) is 0 Å². The number of ether oxygens (including phenoxy) is 1. The highest BCUT2D eigenvalue weighted by Gasteiger charge is 2.53. The number of carbonyl (C=O) groups is 5. The highest BCUT2D eigenvalue weighted by Crippen LogP contribution is 2.43. The number of nitrogens with zero attached hydrogens (tertiary/aromatic N) is 1. The molecule has 0 bridgehead atoms. The first kappa shape index (κ1) is 27.4. The molecule has 1 aliphatic carbocycles. The Morgan fingerprint density at radius 1 is 1.11 bits per heavy atom. The summed E-state index contributed by atoms with van der Waals surface area (Å²) in [4.78, 5) is 62.1. The van der Waals surface area contributed by atoms with Gasteiger partial charge in [0.25, 0.3) is 5.91 Å². The maximum absolute atomic E-state index is 13.1. The summed E-state index contributed by atoms with van der Waals surface area (Å²) in [5.41, 5.74) is 0.617. The number of amides is 4. The summed E-state index contributed by atoms with van der Waals surface area (Å²) in [6.07, 6.45) is 4.30. The number of Topliss-reactive ketones (excluding diaryl/α,β-unsaturated/α-hetero) is 1. The summed E-state index contributed by atoms with van der Waals surface area (Å²) in [5.74, 6) is -1.17. The number of esters is 1. The molecule has 1 heterocycles. The largest absolute Gasteiger partial charge is 0.456 e. The molecule has 0 aromatic heterocycles. The first-order valence-corrected chi connectivity index (χ1v) is 12.6. The van der Waals surface area contributed by atoms with Crippen molar-refractivity contribution < 1.29 is 28.7 Å². The lowest BCUT2D eigenvalue weighted by atomic mass is 9.67. The molecule has 9 heteroatoms. The topological polar surface area (TPSA) is 122 Å². The fraction of sp³-hybridized carbons (Fsp3) is 0.593. The Morgan fingerprint density at radius 3 is 2.33 bits per heavy atom. The summed E-state index contributed by atoms with van der Waals surface area (Å²) in [7, 11) is 0. The van der Waals surface area contributed by atoms with E-state index in [9.17, 15) is 24.0 Å². The minimum Gasteiger partial charge on any atom is -0.456 e. The second-order valence-corrected chi connectivity index (χ2v) is 10.9. The van der Waals surface area contributed by atoms with Crippen LogP contribution in [0.5, 0.6) is 0 Å². The molecule has 1 aromatic rings.